The number of hydrogen-bond acceptors (Lipinski definition) is 3. The Labute approximate surface area is 178 Å². The Morgan fingerprint density at radius 2 is 1.83 bits per heavy atom. The molecule has 0 unspecified atom stereocenters. The summed E-state index contributed by atoms with van der Waals surface area (Å²) in [6, 6.07) is 14.0. The molecule has 0 bridgehead atoms. The van der Waals surface area contributed by atoms with Gasteiger partial charge in [-0.05, 0) is 63.9 Å². The number of benzene rings is 2. The van der Waals surface area contributed by atoms with Crippen LogP contribution in [0.4, 0.5) is 0 Å². The van der Waals surface area contributed by atoms with E-state index in [2.05, 4.69) is 5.32 Å². The maximum absolute atomic E-state index is 13.0. The fourth-order valence-electron chi connectivity index (χ4n) is 2.81. The van der Waals surface area contributed by atoms with Gasteiger partial charge >= 0.3 is 0 Å². The second kappa shape index (κ2) is 9.79. The first kappa shape index (κ1) is 22.8. The number of nitrogens with one attached hydrogen (secondary N) is 1. The molecule has 2 aromatic rings. The predicted octanol–water partition coefficient (Wildman–Crippen LogP) is 4.36. The van der Waals surface area contributed by atoms with Crippen LogP contribution in [0.3, 0.4) is 0 Å². The first-order valence-electron chi connectivity index (χ1n) is 9.61. The predicted molar refractivity (Wildman–Crippen MR) is 116 cm³/mol. The van der Waals surface area contributed by atoms with Crippen LogP contribution in [0.2, 0.25) is 5.02 Å². The van der Waals surface area contributed by atoms with Gasteiger partial charge in [0.1, 0.15) is 11.8 Å². The second-order valence-electron chi connectivity index (χ2n) is 8.11. The highest BCUT2D eigenvalue weighted by molar-refractivity contribution is 6.30. The number of carbonyl (C=O) groups is 2. The fourth-order valence-corrected chi connectivity index (χ4v) is 2.99. The highest BCUT2D eigenvalue weighted by Crippen LogP contribution is 2.18. The van der Waals surface area contributed by atoms with E-state index in [1.807, 2.05) is 52.0 Å². The molecule has 1 N–H and O–H groups in total. The summed E-state index contributed by atoms with van der Waals surface area (Å²) in [5, 5.41) is 3.48. The minimum atomic E-state index is -0.649. The van der Waals surface area contributed by atoms with Crippen molar-refractivity contribution in [2.45, 2.75) is 52.7 Å². The normalized spacial score (nSPS) is 12.2. The number of nitrogens with zero attached hydrogens (tertiary/aromatic N) is 1. The average molecular weight is 417 g/mol. The Hall–Kier alpha value is -2.53. The van der Waals surface area contributed by atoms with Crippen molar-refractivity contribution in [1.82, 2.24) is 10.2 Å². The lowest BCUT2D eigenvalue weighted by atomic mass is 10.1. The third-order valence-corrected chi connectivity index (χ3v) is 4.66. The smallest absolute Gasteiger partial charge is 0.261 e. The standard InChI is InChI=1S/C23H29ClN2O3/c1-16-9-6-7-10-18(16)14-26(17(2)22(28)25-23(3,4)5)21(27)15-29-20-12-8-11-19(24)13-20/h6-13,17H,14-15H2,1-5H3,(H,25,28)/t17-/m0/s1. The summed E-state index contributed by atoms with van der Waals surface area (Å²) in [7, 11) is 0. The molecule has 1 atom stereocenters. The van der Waals surface area contributed by atoms with Crippen LogP contribution in [0.15, 0.2) is 48.5 Å². The maximum atomic E-state index is 13.0. The third-order valence-electron chi connectivity index (χ3n) is 4.43. The summed E-state index contributed by atoms with van der Waals surface area (Å²) in [5.74, 6) is 0.0282. The van der Waals surface area contributed by atoms with Crippen molar-refractivity contribution in [1.29, 1.82) is 0 Å². The highest BCUT2D eigenvalue weighted by atomic mass is 35.5. The van der Waals surface area contributed by atoms with Gasteiger partial charge in [0, 0.05) is 17.1 Å². The number of carbonyl (C=O) groups excluding carboxylic acids is 2. The van der Waals surface area contributed by atoms with Gasteiger partial charge in [0.15, 0.2) is 6.61 Å². The van der Waals surface area contributed by atoms with Crippen molar-refractivity contribution >= 4 is 23.4 Å². The molecule has 0 heterocycles. The molecular formula is C23H29ClN2O3. The molecule has 5 nitrogen and oxygen atoms in total. The molecule has 29 heavy (non-hydrogen) atoms. The molecule has 0 radical (unpaired) electrons. The summed E-state index contributed by atoms with van der Waals surface area (Å²) in [6.45, 7) is 9.59. The lowest BCUT2D eigenvalue weighted by molar-refractivity contribution is -0.142. The van der Waals surface area contributed by atoms with Crippen LogP contribution in [0.1, 0.15) is 38.8 Å². The van der Waals surface area contributed by atoms with E-state index >= 15 is 0 Å². The van der Waals surface area contributed by atoms with E-state index in [1.54, 1.807) is 36.1 Å². The Kier molecular flexibility index (Phi) is 7.68. The molecule has 6 heteroatoms. The second-order valence-corrected chi connectivity index (χ2v) is 8.55. The third kappa shape index (κ3) is 7.09. The van der Waals surface area contributed by atoms with Crippen molar-refractivity contribution in [3.8, 4) is 5.75 Å². The molecule has 0 spiro atoms. The van der Waals surface area contributed by atoms with Gasteiger partial charge in [0.25, 0.3) is 5.91 Å². The summed E-state index contributed by atoms with van der Waals surface area (Å²) in [6.07, 6.45) is 0. The molecule has 0 aliphatic carbocycles. The number of ether oxygens (including phenoxy) is 1. The molecule has 0 aliphatic rings. The van der Waals surface area contributed by atoms with E-state index in [1.165, 1.54) is 0 Å². The monoisotopic (exact) mass is 416 g/mol. The van der Waals surface area contributed by atoms with Gasteiger partial charge in [-0.3, -0.25) is 9.59 Å². The lowest BCUT2D eigenvalue weighted by Gasteiger charge is -2.31. The molecule has 2 amide bonds. The van der Waals surface area contributed by atoms with E-state index in [9.17, 15) is 9.59 Å². The van der Waals surface area contributed by atoms with Gasteiger partial charge in [-0.2, -0.15) is 0 Å². The molecular weight excluding hydrogens is 388 g/mol. The minimum absolute atomic E-state index is 0.181. The van der Waals surface area contributed by atoms with Crippen molar-refractivity contribution in [3.05, 3.63) is 64.7 Å². The number of rotatable bonds is 7. The number of hydrogen-bond donors (Lipinski definition) is 1. The first-order valence-corrected chi connectivity index (χ1v) is 9.99. The Bertz CT molecular complexity index is 861. The molecule has 0 saturated carbocycles. The van der Waals surface area contributed by atoms with E-state index in [4.69, 9.17) is 16.3 Å². The van der Waals surface area contributed by atoms with Crippen LogP contribution in [-0.4, -0.2) is 34.9 Å². The summed E-state index contributed by atoms with van der Waals surface area (Å²) >= 11 is 5.97. The SMILES string of the molecule is Cc1ccccc1CN(C(=O)COc1cccc(Cl)c1)[C@@H](C)C(=O)NC(C)(C)C. The van der Waals surface area contributed by atoms with Crippen LogP contribution < -0.4 is 10.1 Å². The van der Waals surface area contributed by atoms with Gasteiger partial charge in [-0.1, -0.05) is 41.9 Å². The van der Waals surface area contributed by atoms with Crippen molar-refractivity contribution in [2.24, 2.45) is 0 Å². The van der Waals surface area contributed by atoms with Gasteiger partial charge in [0.05, 0.1) is 0 Å². The molecule has 2 aromatic carbocycles. The Morgan fingerprint density at radius 3 is 2.45 bits per heavy atom. The van der Waals surface area contributed by atoms with Crippen molar-refractivity contribution in [3.63, 3.8) is 0 Å². The van der Waals surface area contributed by atoms with Crippen LogP contribution in [0.25, 0.3) is 0 Å². The highest BCUT2D eigenvalue weighted by Gasteiger charge is 2.29. The molecule has 0 saturated heterocycles. The molecule has 156 valence electrons. The zero-order valence-electron chi connectivity index (χ0n) is 17.7. The van der Waals surface area contributed by atoms with Gasteiger partial charge < -0.3 is 15.0 Å². The van der Waals surface area contributed by atoms with Crippen LogP contribution in [0.5, 0.6) is 5.75 Å². The van der Waals surface area contributed by atoms with Gasteiger partial charge in [-0.15, -0.1) is 0 Å². The van der Waals surface area contributed by atoms with Crippen LogP contribution >= 0.6 is 11.6 Å². The van der Waals surface area contributed by atoms with Crippen molar-refractivity contribution < 1.29 is 14.3 Å². The molecule has 2 rings (SSSR count). The van der Waals surface area contributed by atoms with Crippen LogP contribution in [0, 0.1) is 6.92 Å². The summed E-state index contributed by atoms with van der Waals surface area (Å²) < 4.78 is 5.62. The summed E-state index contributed by atoms with van der Waals surface area (Å²) in [4.78, 5) is 27.3. The van der Waals surface area contributed by atoms with E-state index in [0.29, 0.717) is 17.3 Å². The maximum Gasteiger partial charge on any atom is 0.261 e. The molecule has 0 aromatic heterocycles. The Morgan fingerprint density at radius 1 is 1.14 bits per heavy atom. The topological polar surface area (TPSA) is 58.6 Å². The summed E-state index contributed by atoms with van der Waals surface area (Å²) in [5.41, 5.74) is 1.66. The van der Waals surface area contributed by atoms with E-state index in [-0.39, 0.29) is 24.0 Å². The molecule has 0 aliphatic heterocycles. The largest absolute Gasteiger partial charge is 0.484 e. The quantitative estimate of drug-likeness (QED) is 0.729. The van der Waals surface area contributed by atoms with Crippen LogP contribution in [-0.2, 0) is 16.1 Å². The number of aryl methyl sites for hydroxylation is 1. The molecule has 0 fully saturated rings. The zero-order chi connectivity index (χ0) is 21.6. The lowest BCUT2D eigenvalue weighted by Crippen LogP contribution is -2.53. The van der Waals surface area contributed by atoms with Crippen molar-refractivity contribution in [2.75, 3.05) is 6.61 Å². The number of amides is 2. The average Bonchev–Trinajstić information content (AvgIpc) is 2.63. The van der Waals surface area contributed by atoms with Gasteiger partial charge in [-0.25, -0.2) is 0 Å². The first-order chi connectivity index (χ1) is 13.6. The zero-order valence-corrected chi connectivity index (χ0v) is 18.4. The minimum Gasteiger partial charge on any atom is -0.484 e. The number of halogens is 1. The van der Waals surface area contributed by atoms with Gasteiger partial charge in [0.2, 0.25) is 5.91 Å². The van der Waals surface area contributed by atoms with E-state index in [0.717, 1.165) is 11.1 Å². The Balaban J connectivity index is 2.19. The fraction of sp³-hybridized carbons (Fsp3) is 0.391. The van der Waals surface area contributed by atoms with E-state index < -0.39 is 6.04 Å².